The molecular formula is C35H37ClF6N4O5. The molecule has 9 nitrogen and oxygen atoms in total. The van der Waals surface area contributed by atoms with Crippen molar-refractivity contribution in [3.8, 4) is 0 Å². The number of primary amides is 1. The van der Waals surface area contributed by atoms with Crippen LogP contribution in [0, 0.1) is 0 Å². The largest absolute Gasteiger partial charge is 0.481 e. The fourth-order valence-electron chi connectivity index (χ4n) is 5.75. The second kappa shape index (κ2) is 16.9. The van der Waals surface area contributed by atoms with E-state index in [1.165, 1.54) is 14.0 Å². The molecule has 1 heterocycles. The SMILES string of the molecule is CC(=O)NC1(c2ccccc2)CCN(C(N)=O)CC1.CN(C(=O)c1cc(C(F)(F)F)cc(C(F)(F)F)c1)C(CCC(=O)O)Cc1ccc(Cl)cc1. The fourth-order valence-corrected chi connectivity index (χ4v) is 5.88. The predicted octanol–water partition coefficient (Wildman–Crippen LogP) is 7.12. The van der Waals surface area contributed by atoms with Crippen molar-refractivity contribution >= 4 is 35.4 Å². The van der Waals surface area contributed by atoms with Crippen LogP contribution in [0.15, 0.2) is 72.8 Å². The monoisotopic (exact) mass is 742 g/mol. The summed E-state index contributed by atoms with van der Waals surface area (Å²) in [4.78, 5) is 49.1. The molecule has 1 aliphatic heterocycles. The molecule has 1 unspecified atom stereocenters. The molecule has 0 aliphatic carbocycles. The van der Waals surface area contributed by atoms with Crippen LogP contribution in [0.25, 0.3) is 0 Å². The van der Waals surface area contributed by atoms with Gasteiger partial charge in [0.05, 0.1) is 16.7 Å². The fraction of sp³-hybridized carbons (Fsp3) is 0.371. The molecule has 16 heteroatoms. The Morgan fingerprint density at radius 1 is 0.922 bits per heavy atom. The lowest BCUT2D eigenvalue weighted by molar-refractivity contribution is -0.143. The van der Waals surface area contributed by atoms with Gasteiger partial charge in [0.1, 0.15) is 0 Å². The number of carboxylic acid groups (broad SMARTS) is 1. The van der Waals surface area contributed by atoms with Gasteiger partial charge in [-0.15, -0.1) is 0 Å². The van der Waals surface area contributed by atoms with Crippen molar-refractivity contribution in [3.63, 3.8) is 0 Å². The Kier molecular flexibility index (Phi) is 13.5. The van der Waals surface area contributed by atoms with E-state index in [4.69, 9.17) is 22.4 Å². The van der Waals surface area contributed by atoms with Gasteiger partial charge >= 0.3 is 24.4 Å². The number of carboxylic acids is 1. The Bertz CT molecular complexity index is 1650. The highest BCUT2D eigenvalue weighted by Crippen LogP contribution is 2.37. The summed E-state index contributed by atoms with van der Waals surface area (Å²) in [6.45, 7) is 2.64. The topological polar surface area (TPSA) is 133 Å². The van der Waals surface area contributed by atoms with Gasteiger partial charge in [-0.1, -0.05) is 54.1 Å². The Morgan fingerprint density at radius 3 is 1.90 bits per heavy atom. The summed E-state index contributed by atoms with van der Waals surface area (Å²) in [5.74, 6) is -2.31. The number of benzene rings is 3. The van der Waals surface area contributed by atoms with E-state index in [-0.39, 0.29) is 36.8 Å². The standard InChI is InChI=1S/C21H18ClF6NO3.C14H19N3O2/c1-29(17(6-7-18(30)31)8-12-2-4-16(22)5-3-12)19(32)13-9-14(20(23,24)25)11-15(10-13)21(26,27)28;1-11(18)16-14(12-5-3-2-4-6-12)7-9-17(10-8-14)13(15)19/h2-5,9-11,17H,6-8H2,1H3,(H,30,31);2-6H,7-10H2,1H3,(H2,15,19)(H,16,18). The van der Waals surface area contributed by atoms with Crippen LogP contribution >= 0.6 is 11.6 Å². The number of amides is 4. The summed E-state index contributed by atoms with van der Waals surface area (Å²) in [6.07, 6.45) is -9.13. The summed E-state index contributed by atoms with van der Waals surface area (Å²) in [6, 6.07) is 15.7. The van der Waals surface area contributed by atoms with Gasteiger partial charge in [-0.2, -0.15) is 26.3 Å². The van der Waals surface area contributed by atoms with Crippen LogP contribution in [-0.2, 0) is 33.9 Å². The van der Waals surface area contributed by atoms with Crippen LogP contribution in [0.4, 0.5) is 31.1 Å². The molecule has 1 fully saturated rings. The summed E-state index contributed by atoms with van der Waals surface area (Å²) < 4.78 is 78.7. The first-order valence-electron chi connectivity index (χ1n) is 15.6. The van der Waals surface area contributed by atoms with Crippen molar-refractivity contribution in [1.82, 2.24) is 15.1 Å². The molecule has 51 heavy (non-hydrogen) atoms. The predicted molar refractivity (Wildman–Crippen MR) is 177 cm³/mol. The molecule has 1 atom stereocenters. The number of likely N-dealkylation sites (tertiary alicyclic amines) is 1. The van der Waals surface area contributed by atoms with Crippen LogP contribution in [0.3, 0.4) is 0 Å². The first kappa shape index (κ1) is 40.6. The van der Waals surface area contributed by atoms with Gasteiger partial charge in [0.2, 0.25) is 5.91 Å². The molecule has 4 N–H and O–H groups in total. The average molecular weight is 743 g/mol. The maximum atomic E-state index is 13.1. The van der Waals surface area contributed by atoms with E-state index in [1.807, 2.05) is 30.3 Å². The maximum absolute atomic E-state index is 13.1. The first-order chi connectivity index (χ1) is 23.7. The lowest BCUT2D eigenvalue weighted by atomic mass is 9.81. The number of aliphatic carboxylic acids is 1. The van der Waals surface area contributed by atoms with Crippen LogP contribution in [0.2, 0.25) is 5.02 Å². The molecule has 3 aromatic rings. The van der Waals surface area contributed by atoms with E-state index in [0.717, 1.165) is 10.5 Å². The van der Waals surface area contributed by atoms with E-state index in [0.29, 0.717) is 48.6 Å². The third kappa shape index (κ3) is 11.6. The normalized spacial score (nSPS) is 14.8. The third-order valence-corrected chi connectivity index (χ3v) is 8.70. The smallest absolute Gasteiger partial charge is 0.416 e. The number of likely N-dealkylation sites (N-methyl/N-ethyl adjacent to an activating group) is 1. The molecule has 0 bridgehead atoms. The summed E-state index contributed by atoms with van der Waals surface area (Å²) >= 11 is 5.82. The molecule has 4 amide bonds. The Balaban J connectivity index is 0.000000313. The molecule has 276 valence electrons. The Morgan fingerprint density at radius 2 is 1.45 bits per heavy atom. The van der Waals surface area contributed by atoms with Gasteiger partial charge in [0.25, 0.3) is 5.91 Å². The maximum Gasteiger partial charge on any atom is 0.416 e. The van der Waals surface area contributed by atoms with E-state index in [2.05, 4.69) is 5.32 Å². The second-order valence-corrected chi connectivity index (χ2v) is 12.5. The number of nitrogens with one attached hydrogen (secondary N) is 1. The molecule has 0 aromatic heterocycles. The molecule has 4 rings (SSSR count). The zero-order valence-corrected chi connectivity index (χ0v) is 28.4. The van der Waals surface area contributed by atoms with Crippen LogP contribution in [0.1, 0.15) is 65.2 Å². The highest BCUT2D eigenvalue weighted by Gasteiger charge is 2.39. The van der Waals surface area contributed by atoms with Crippen LogP contribution in [-0.4, -0.2) is 64.9 Å². The minimum Gasteiger partial charge on any atom is -0.481 e. The van der Waals surface area contributed by atoms with Crippen LogP contribution < -0.4 is 11.1 Å². The Labute approximate surface area is 295 Å². The van der Waals surface area contributed by atoms with Gasteiger partial charge in [-0.3, -0.25) is 14.4 Å². The zero-order valence-electron chi connectivity index (χ0n) is 27.7. The van der Waals surface area contributed by atoms with Gasteiger partial charge in [-0.05, 0) is 67.1 Å². The van der Waals surface area contributed by atoms with Crippen LogP contribution in [0.5, 0.6) is 0 Å². The summed E-state index contributed by atoms with van der Waals surface area (Å²) in [5.41, 5.74) is 2.63. The molecule has 3 aromatic carbocycles. The first-order valence-corrected chi connectivity index (χ1v) is 16.0. The number of nitrogens with zero attached hydrogens (tertiary/aromatic N) is 2. The molecular weight excluding hydrogens is 706 g/mol. The van der Waals surface area contributed by atoms with E-state index >= 15 is 0 Å². The molecule has 0 spiro atoms. The number of hydrogen-bond acceptors (Lipinski definition) is 4. The highest BCUT2D eigenvalue weighted by atomic mass is 35.5. The number of hydrogen-bond donors (Lipinski definition) is 3. The minimum atomic E-state index is -5.10. The van der Waals surface area contributed by atoms with Crippen molar-refractivity contribution in [2.24, 2.45) is 5.73 Å². The van der Waals surface area contributed by atoms with E-state index < -0.39 is 53.0 Å². The number of alkyl halides is 6. The van der Waals surface area contributed by atoms with Crippen molar-refractivity contribution in [2.75, 3.05) is 20.1 Å². The summed E-state index contributed by atoms with van der Waals surface area (Å²) in [7, 11) is 1.21. The minimum absolute atomic E-state index is 0.0589. The number of carbonyl (C=O) groups is 4. The van der Waals surface area contributed by atoms with Crippen molar-refractivity contribution in [1.29, 1.82) is 0 Å². The molecule has 0 saturated carbocycles. The average Bonchev–Trinajstić information content (AvgIpc) is 3.06. The van der Waals surface area contributed by atoms with Gasteiger partial charge in [-0.25, -0.2) is 4.79 Å². The van der Waals surface area contributed by atoms with E-state index in [9.17, 15) is 45.5 Å². The van der Waals surface area contributed by atoms with Crippen molar-refractivity contribution in [3.05, 3.63) is 106 Å². The molecule has 1 saturated heterocycles. The Hall–Kier alpha value is -4.79. The molecule has 1 aliphatic rings. The summed E-state index contributed by atoms with van der Waals surface area (Å²) in [5, 5.41) is 12.5. The number of halogens is 7. The van der Waals surface area contributed by atoms with Crippen molar-refractivity contribution < 1.29 is 50.6 Å². The number of carbonyl (C=O) groups excluding carboxylic acids is 3. The lowest BCUT2D eigenvalue weighted by Crippen LogP contribution is -2.54. The number of rotatable bonds is 9. The zero-order chi connectivity index (χ0) is 38.1. The third-order valence-electron chi connectivity index (χ3n) is 8.45. The number of nitrogens with two attached hydrogens (primary N) is 1. The second-order valence-electron chi connectivity index (χ2n) is 12.1. The lowest BCUT2D eigenvalue weighted by Gasteiger charge is -2.42. The van der Waals surface area contributed by atoms with Gasteiger partial charge in [0.15, 0.2) is 0 Å². The van der Waals surface area contributed by atoms with E-state index in [1.54, 1.807) is 29.2 Å². The number of piperidine rings is 1. The van der Waals surface area contributed by atoms with Crippen molar-refractivity contribution in [2.45, 2.75) is 63.0 Å². The van der Waals surface area contributed by atoms with Gasteiger partial charge in [0, 0.05) is 50.1 Å². The quantitative estimate of drug-likeness (QED) is 0.201. The highest BCUT2D eigenvalue weighted by molar-refractivity contribution is 6.30. The molecule has 0 radical (unpaired) electrons. The van der Waals surface area contributed by atoms with Gasteiger partial charge < -0.3 is 26.0 Å². The number of urea groups is 1.